The number of aryl methyl sites for hydroxylation is 1. The fourth-order valence-corrected chi connectivity index (χ4v) is 3.64. The van der Waals surface area contributed by atoms with Gasteiger partial charge in [-0.3, -0.25) is 9.89 Å². The third-order valence-corrected chi connectivity index (χ3v) is 5.39. The molecule has 28 heavy (non-hydrogen) atoms. The number of halogens is 2. The highest BCUT2D eigenvalue weighted by Gasteiger charge is 2.34. The minimum absolute atomic E-state index is 0. The molecule has 1 aliphatic carbocycles. The van der Waals surface area contributed by atoms with Crippen molar-refractivity contribution in [3.63, 3.8) is 0 Å². The molecule has 1 aromatic carbocycles. The Kier molecular flexibility index (Phi) is 6.92. The van der Waals surface area contributed by atoms with E-state index in [-0.39, 0.29) is 29.8 Å². The minimum atomic E-state index is -0.244. The summed E-state index contributed by atoms with van der Waals surface area (Å²) in [6.45, 7) is 4.92. The first-order valence-corrected chi connectivity index (χ1v) is 9.64. The van der Waals surface area contributed by atoms with Gasteiger partial charge in [-0.2, -0.15) is 5.10 Å². The Bertz CT molecular complexity index is 815. The van der Waals surface area contributed by atoms with Gasteiger partial charge in [0.15, 0.2) is 5.96 Å². The van der Waals surface area contributed by atoms with E-state index in [0.717, 1.165) is 35.5 Å². The predicted molar refractivity (Wildman–Crippen MR) is 120 cm³/mol. The highest BCUT2D eigenvalue weighted by molar-refractivity contribution is 14.0. The molecule has 8 heteroatoms. The van der Waals surface area contributed by atoms with Crippen LogP contribution in [0.15, 0.2) is 35.5 Å². The third kappa shape index (κ3) is 5.02. The fraction of sp³-hybridized carbons (Fsp3) is 0.500. The number of hydrogen-bond acceptors (Lipinski definition) is 3. The van der Waals surface area contributed by atoms with Gasteiger partial charge in [-0.15, -0.1) is 24.0 Å². The maximum Gasteiger partial charge on any atom is 0.191 e. The molecule has 152 valence electrons. The van der Waals surface area contributed by atoms with Gasteiger partial charge >= 0.3 is 0 Å². The third-order valence-electron chi connectivity index (χ3n) is 5.39. The van der Waals surface area contributed by atoms with Crippen LogP contribution in [0.1, 0.15) is 30.5 Å². The molecule has 2 aromatic rings. The number of aliphatic imine (C=N–C) groups is 1. The zero-order chi connectivity index (χ0) is 18.8. The van der Waals surface area contributed by atoms with Crippen molar-refractivity contribution in [2.24, 2.45) is 4.99 Å². The quantitative estimate of drug-likeness (QED) is 0.378. The number of likely N-dealkylation sites (tertiary alicyclic amines) is 1. The lowest BCUT2D eigenvalue weighted by Crippen LogP contribution is -2.44. The van der Waals surface area contributed by atoms with Gasteiger partial charge in [0.25, 0.3) is 0 Å². The SMILES string of the molecule is CN=C(NCc1cn(-c2ccc(F)cc2)nc1C)NC1CCN(C2CC2)C1.I. The van der Waals surface area contributed by atoms with E-state index in [0.29, 0.717) is 12.6 Å². The van der Waals surface area contributed by atoms with E-state index in [9.17, 15) is 4.39 Å². The maximum atomic E-state index is 13.1. The maximum absolute atomic E-state index is 13.1. The minimum Gasteiger partial charge on any atom is -0.352 e. The number of nitrogens with zero attached hydrogens (tertiary/aromatic N) is 4. The van der Waals surface area contributed by atoms with Crippen LogP contribution < -0.4 is 10.6 Å². The Morgan fingerprint density at radius 1 is 1.25 bits per heavy atom. The molecular weight excluding hydrogens is 470 g/mol. The summed E-state index contributed by atoms with van der Waals surface area (Å²) >= 11 is 0. The van der Waals surface area contributed by atoms with Crippen LogP contribution in [0, 0.1) is 12.7 Å². The Labute approximate surface area is 182 Å². The molecule has 4 rings (SSSR count). The van der Waals surface area contributed by atoms with Gasteiger partial charge < -0.3 is 10.6 Å². The molecule has 2 heterocycles. The monoisotopic (exact) mass is 498 g/mol. The fourth-order valence-electron chi connectivity index (χ4n) is 3.64. The predicted octanol–water partition coefficient (Wildman–Crippen LogP) is 2.84. The molecule has 0 radical (unpaired) electrons. The molecule has 6 nitrogen and oxygen atoms in total. The molecule has 1 aromatic heterocycles. The van der Waals surface area contributed by atoms with Crippen molar-refractivity contribution in [1.29, 1.82) is 0 Å². The lowest BCUT2D eigenvalue weighted by molar-refractivity contribution is 0.321. The molecule has 1 atom stereocenters. The van der Waals surface area contributed by atoms with E-state index in [1.54, 1.807) is 23.9 Å². The van der Waals surface area contributed by atoms with Crippen LogP contribution in [0.25, 0.3) is 5.69 Å². The lowest BCUT2D eigenvalue weighted by atomic mass is 10.2. The van der Waals surface area contributed by atoms with E-state index < -0.39 is 0 Å². The summed E-state index contributed by atoms with van der Waals surface area (Å²) in [7, 11) is 1.80. The number of nitrogens with one attached hydrogen (secondary N) is 2. The highest BCUT2D eigenvalue weighted by Crippen LogP contribution is 2.29. The zero-order valence-electron chi connectivity index (χ0n) is 16.4. The van der Waals surface area contributed by atoms with Crippen molar-refractivity contribution in [3.05, 3.63) is 47.5 Å². The standard InChI is InChI=1S/C20H27FN6.HI/c1-14-15(12-27(25-14)19-5-3-16(21)4-6-19)11-23-20(22-2)24-17-9-10-26(13-17)18-7-8-18;/h3-6,12,17-18H,7-11,13H2,1-2H3,(H2,22,23,24);1H. The molecule has 1 saturated carbocycles. The van der Waals surface area contributed by atoms with Gasteiger partial charge in [0.05, 0.1) is 11.4 Å². The number of benzene rings is 1. The van der Waals surface area contributed by atoms with Crippen molar-refractivity contribution in [3.8, 4) is 5.69 Å². The summed E-state index contributed by atoms with van der Waals surface area (Å²) in [5, 5.41) is 11.5. The Morgan fingerprint density at radius 3 is 2.68 bits per heavy atom. The largest absolute Gasteiger partial charge is 0.352 e. The van der Waals surface area contributed by atoms with Gasteiger partial charge in [-0.05, 0) is 50.5 Å². The van der Waals surface area contributed by atoms with Gasteiger partial charge in [-0.1, -0.05) is 0 Å². The summed E-state index contributed by atoms with van der Waals surface area (Å²) in [4.78, 5) is 6.95. The first-order chi connectivity index (χ1) is 13.1. The summed E-state index contributed by atoms with van der Waals surface area (Å²) in [6, 6.07) is 7.63. The van der Waals surface area contributed by atoms with E-state index in [2.05, 4.69) is 25.6 Å². The van der Waals surface area contributed by atoms with Crippen molar-refractivity contribution in [2.45, 2.75) is 44.8 Å². The molecule has 0 bridgehead atoms. The molecule has 1 saturated heterocycles. The van der Waals surface area contributed by atoms with Crippen LogP contribution >= 0.6 is 24.0 Å². The molecule has 1 aliphatic heterocycles. The molecule has 2 aliphatic rings. The highest BCUT2D eigenvalue weighted by atomic mass is 127. The topological polar surface area (TPSA) is 57.5 Å². The summed E-state index contributed by atoms with van der Waals surface area (Å²) in [5.74, 6) is 0.582. The number of aromatic nitrogens is 2. The number of guanidine groups is 1. The van der Waals surface area contributed by atoms with Gasteiger partial charge in [0.2, 0.25) is 0 Å². The van der Waals surface area contributed by atoms with Crippen molar-refractivity contribution >= 4 is 29.9 Å². The Balaban J connectivity index is 0.00000225. The molecule has 0 spiro atoms. The van der Waals surface area contributed by atoms with Crippen molar-refractivity contribution < 1.29 is 4.39 Å². The van der Waals surface area contributed by atoms with Gasteiger partial charge in [0, 0.05) is 50.5 Å². The first-order valence-electron chi connectivity index (χ1n) is 9.64. The van der Waals surface area contributed by atoms with Crippen LogP contribution in [-0.4, -0.2) is 52.9 Å². The number of hydrogen-bond donors (Lipinski definition) is 2. The molecule has 1 unspecified atom stereocenters. The molecule has 2 N–H and O–H groups in total. The van der Waals surface area contributed by atoms with Gasteiger partial charge in [-0.25, -0.2) is 9.07 Å². The Morgan fingerprint density at radius 2 is 2.00 bits per heavy atom. The van der Waals surface area contributed by atoms with Crippen LogP contribution in [0.3, 0.4) is 0 Å². The first kappa shape index (κ1) is 21.0. The average Bonchev–Trinajstić information content (AvgIpc) is 3.31. The average molecular weight is 498 g/mol. The lowest BCUT2D eigenvalue weighted by Gasteiger charge is -2.18. The summed E-state index contributed by atoms with van der Waals surface area (Å²) in [5.41, 5.74) is 2.88. The zero-order valence-corrected chi connectivity index (χ0v) is 18.7. The van der Waals surface area contributed by atoms with E-state index in [1.807, 2.05) is 13.1 Å². The molecule has 0 amide bonds. The van der Waals surface area contributed by atoms with Crippen LogP contribution in [0.5, 0.6) is 0 Å². The summed E-state index contributed by atoms with van der Waals surface area (Å²) < 4.78 is 14.9. The number of rotatable bonds is 5. The smallest absolute Gasteiger partial charge is 0.191 e. The molecular formula is C20H28FIN6. The second-order valence-electron chi connectivity index (χ2n) is 7.44. The van der Waals surface area contributed by atoms with Crippen LogP contribution in [-0.2, 0) is 6.54 Å². The van der Waals surface area contributed by atoms with Crippen LogP contribution in [0.2, 0.25) is 0 Å². The Hall–Kier alpha value is -1.68. The summed E-state index contributed by atoms with van der Waals surface area (Å²) in [6.07, 6.45) is 5.86. The normalized spacial score (nSPS) is 20.1. The van der Waals surface area contributed by atoms with Crippen LogP contribution in [0.4, 0.5) is 4.39 Å². The second kappa shape index (κ2) is 9.21. The second-order valence-corrected chi connectivity index (χ2v) is 7.44. The van der Waals surface area contributed by atoms with E-state index in [4.69, 9.17) is 0 Å². The van der Waals surface area contributed by atoms with E-state index >= 15 is 0 Å². The van der Waals surface area contributed by atoms with Crippen molar-refractivity contribution in [2.75, 3.05) is 20.1 Å². The van der Waals surface area contributed by atoms with Crippen molar-refractivity contribution in [1.82, 2.24) is 25.3 Å². The molecule has 2 fully saturated rings. The van der Waals surface area contributed by atoms with E-state index in [1.165, 1.54) is 37.9 Å². The van der Waals surface area contributed by atoms with Gasteiger partial charge in [0.1, 0.15) is 5.82 Å².